The van der Waals surface area contributed by atoms with E-state index in [4.69, 9.17) is 4.98 Å². The molecule has 11 aromatic rings. The first-order valence-corrected chi connectivity index (χ1v) is 19.6. The number of nitrogens with zero attached hydrogens (tertiary/aromatic N) is 2. The minimum Gasteiger partial charge on any atom is -0.296 e. The molecule has 0 bridgehead atoms. The molecule has 0 aliphatic rings. The van der Waals surface area contributed by atoms with E-state index in [0.717, 1.165) is 29.0 Å². The number of benzene rings is 10. The Bertz CT molecular complexity index is 3350. The summed E-state index contributed by atoms with van der Waals surface area (Å²) in [4.78, 5) is 4.89. The van der Waals surface area contributed by atoms with Gasteiger partial charge in [-0.1, -0.05) is 153 Å². The van der Waals surface area contributed by atoms with Crippen molar-refractivity contribution in [2.45, 2.75) is 20.3 Å². The van der Waals surface area contributed by atoms with Crippen LogP contribution in [-0.2, 0) is 6.42 Å². The summed E-state index contributed by atoms with van der Waals surface area (Å²) in [7, 11) is 0. The average Bonchev–Trinajstić information content (AvgIpc) is 3.64. The highest BCUT2D eigenvalue weighted by Crippen LogP contribution is 2.42. The lowest BCUT2D eigenvalue weighted by Gasteiger charge is -2.16. The maximum Gasteiger partial charge on any atom is 0.114 e. The zero-order valence-electron chi connectivity index (χ0n) is 31.4. The van der Waals surface area contributed by atoms with Crippen LogP contribution in [0, 0.1) is 6.92 Å². The average molecular weight is 715 g/mol. The van der Waals surface area contributed by atoms with Crippen molar-refractivity contribution in [2.75, 3.05) is 0 Å². The molecule has 2 nitrogen and oxygen atoms in total. The fraction of sp³-hybridized carbons (Fsp3) is 0.0556. The van der Waals surface area contributed by atoms with Crippen LogP contribution in [0.15, 0.2) is 182 Å². The van der Waals surface area contributed by atoms with Crippen LogP contribution < -0.4 is 0 Å². The van der Waals surface area contributed by atoms with Crippen molar-refractivity contribution in [3.05, 3.63) is 193 Å². The molecule has 0 aliphatic carbocycles. The third-order valence-electron chi connectivity index (χ3n) is 11.8. The van der Waals surface area contributed by atoms with E-state index in [0.29, 0.717) is 0 Å². The monoisotopic (exact) mass is 714 g/mol. The maximum atomic E-state index is 4.89. The van der Waals surface area contributed by atoms with Crippen LogP contribution in [0.4, 0.5) is 0 Å². The predicted molar refractivity (Wildman–Crippen MR) is 239 cm³/mol. The van der Waals surface area contributed by atoms with Gasteiger partial charge in [0.1, 0.15) is 5.82 Å². The van der Waals surface area contributed by atoms with Crippen LogP contribution in [0.1, 0.15) is 18.3 Å². The van der Waals surface area contributed by atoms with E-state index in [2.05, 4.69) is 200 Å². The van der Waals surface area contributed by atoms with E-state index >= 15 is 0 Å². The second kappa shape index (κ2) is 12.8. The Hall–Kier alpha value is -7.03. The summed E-state index contributed by atoms with van der Waals surface area (Å²) < 4.78 is 2.29. The highest BCUT2D eigenvalue weighted by atomic mass is 15.1. The third kappa shape index (κ3) is 5.14. The summed E-state index contributed by atoms with van der Waals surface area (Å²) in [6.07, 6.45) is 0.877. The highest BCUT2D eigenvalue weighted by Gasteiger charge is 2.15. The number of aryl methyl sites for hydroxylation is 2. The van der Waals surface area contributed by atoms with Gasteiger partial charge in [0.15, 0.2) is 0 Å². The van der Waals surface area contributed by atoms with Crippen molar-refractivity contribution in [1.29, 1.82) is 0 Å². The van der Waals surface area contributed by atoms with Crippen LogP contribution in [0.3, 0.4) is 0 Å². The molecular weight excluding hydrogens is 677 g/mol. The number of para-hydroxylation sites is 2. The molecule has 0 aliphatic heterocycles. The Morgan fingerprint density at radius 1 is 0.429 bits per heavy atom. The summed E-state index contributed by atoms with van der Waals surface area (Å²) >= 11 is 0. The molecular formula is C54H38N2. The smallest absolute Gasteiger partial charge is 0.114 e. The molecule has 56 heavy (non-hydrogen) atoms. The summed E-state index contributed by atoms with van der Waals surface area (Å²) in [5.74, 6) is 1.08. The molecule has 1 heterocycles. The second-order valence-electron chi connectivity index (χ2n) is 15.1. The van der Waals surface area contributed by atoms with Crippen LogP contribution in [0.25, 0.3) is 104 Å². The Morgan fingerprint density at radius 3 is 1.73 bits per heavy atom. The van der Waals surface area contributed by atoms with Gasteiger partial charge >= 0.3 is 0 Å². The normalized spacial score (nSPS) is 11.8. The molecule has 0 radical (unpaired) electrons. The SMILES string of the molecule is CCc1nc2ccccc2n1-c1ccc2cc(-c3ccc(-c4ccc5c(ccc6cccc(-c7cccc8ccc9cccc(C)c9c78)c65)c4)cc3)ccc2c1. The van der Waals surface area contributed by atoms with Gasteiger partial charge in [0.25, 0.3) is 0 Å². The zero-order valence-corrected chi connectivity index (χ0v) is 31.4. The van der Waals surface area contributed by atoms with Crippen molar-refractivity contribution >= 4 is 64.9 Å². The zero-order chi connectivity index (χ0) is 37.3. The van der Waals surface area contributed by atoms with E-state index in [1.165, 1.54) is 92.8 Å². The van der Waals surface area contributed by atoms with Gasteiger partial charge in [-0.2, -0.15) is 0 Å². The quantitative estimate of drug-likeness (QED) is 0.162. The Labute approximate surface area is 325 Å². The van der Waals surface area contributed by atoms with Crippen molar-refractivity contribution < 1.29 is 0 Å². The molecule has 264 valence electrons. The molecule has 1 aromatic heterocycles. The van der Waals surface area contributed by atoms with Crippen LogP contribution >= 0.6 is 0 Å². The van der Waals surface area contributed by atoms with Crippen molar-refractivity contribution in [3.8, 4) is 39.1 Å². The minimum absolute atomic E-state index is 0.877. The number of fused-ring (bicyclic) bond motifs is 8. The van der Waals surface area contributed by atoms with Gasteiger partial charge in [0.2, 0.25) is 0 Å². The molecule has 0 saturated heterocycles. The number of hydrogen-bond acceptors (Lipinski definition) is 1. The Kier molecular flexibility index (Phi) is 7.40. The van der Waals surface area contributed by atoms with Crippen LogP contribution in [0.2, 0.25) is 0 Å². The molecule has 0 saturated carbocycles. The second-order valence-corrected chi connectivity index (χ2v) is 15.1. The minimum atomic E-state index is 0.877. The van der Waals surface area contributed by atoms with Gasteiger partial charge in [-0.15, -0.1) is 0 Å². The Balaban J connectivity index is 0.946. The Morgan fingerprint density at radius 2 is 0.982 bits per heavy atom. The van der Waals surface area contributed by atoms with E-state index in [1.807, 2.05) is 0 Å². The van der Waals surface area contributed by atoms with Crippen molar-refractivity contribution in [2.24, 2.45) is 0 Å². The molecule has 0 atom stereocenters. The predicted octanol–water partition coefficient (Wildman–Crippen LogP) is 14.7. The van der Waals surface area contributed by atoms with E-state index in [-0.39, 0.29) is 0 Å². The van der Waals surface area contributed by atoms with Crippen LogP contribution in [0.5, 0.6) is 0 Å². The molecule has 2 heteroatoms. The molecule has 10 aromatic carbocycles. The first kappa shape index (κ1) is 32.4. The topological polar surface area (TPSA) is 17.8 Å². The van der Waals surface area contributed by atoms with Gasteiger partial charge in [-0.05, 0) is 136 Å². The molecule has 0 N–H and O–H groups in total. The number of aromatic nitrogens is 2. The van der Waals surface area contributed by atoms with Crippen molar-refractivity contribution in [1.82, 2.24) is 9.55 Å². The van der Waals surface area contributed by atoms with Crippen LogP contribution in [-0.4, -0.2) is 9.55 Å². The summed E-state index contributed by atoms with van der Waals surface area (Å²) in [6, 6.07) is 67.1. The fourth-order valence-corrected chi connectivity index (χ4v) is 9.09. The summed E-state index contributed by atoms with van der Waals surface area (Å²) in [5.41, 5.74) is 12.1. The first-order valence-electron chi connectivity index (χ1n) is 19.6. The summed E-state index contributed by atoms with van der Waals surface area (Å²) in [5, 5.41) is 12.8. The molecule has 0 fully saturated rings. The largest absolute Gasteiger partial charge is 0.296 e. The van der Waals surface area contributed by atoms with Gasteiger partial charge in [0, 0.05) is 12.1 Å². The number of hydrogen-bond donors (Lipinski definition) is 0. The van der Waals surface area contributed by atoms with Gasteiger partial charge in [-0.3, -0.25) is 4.57 Å². The lowest BCUT2D eigenvalue weighted by Crippen LogP contribution is -1.99. The molecule has 0 amide bonds. The lowest BCUT2D eigenvalue weighted by atomic mass is 9.88. The van der Waals surface area contributed by atoms with E-state index in [1.54, 1.807) is 0 Å². The van der Waals surface area contributed by atoms with Crippen molar-refractivity contribution in [3.63, 3.8) is 0 Å². The lowest BCUT2D eigenvalue weighted by molar-refractivity contribution is 0.909. The van der Waals surface area contributed by atoms with Gasteiger partial charge < -0.3 is 0 Å². The molecule has 11 rings (SSSR count). The maximum absolute atomic E-state index is 4.89. The number of imidazole rings is 1. The standard InChI is InChI=1S/C54H38N2/c1-3-51-55-49-15-4-5-16-50(49)56(51)45-29-27-42-31-40(24-25-43(42)33-45)35-17-19-36(20-18-35)41-28-30-46-44(32-41)26-23-38-11-7-13-47(53(38)46)48-14-8-12-39-22-21-37-10-6-9-34(2)52(37)54(39)48/h4-33H,3H2,1-2H3. The third-order valence-corrected chi connectivity index (χ3v) is 11.8. The fourth-order valence-electron chi connectivity index (χ4n) is 9.09. The first-order chi connectivity index (χ1) is 27.6. The highest BCUT2D eigenvalue weighted by molar-refractivity contribution is 6.21. The molecule has 0 unspecified atom stereocenters. The van der Waals surface area contributed by atoms with Gasteiger partial charge in [0.05, 0.1) is 11.0 Å². The van der Waals surface area contributed by atoms with Gasteiger partial charge in [-0.25, -0.2) is 4.98 Å². The molecule has 0 spiro atoms. The van der Waals surface area contributed by atoms with E-state index < -0.39 is 0 Å². The summed E-state index contributed by atoms with van der Waals surface area (Å²) in [6.45, 7) is 4.40. The number of rotatable bonds is 5. The van der Waals surface area contributed by atoms with E-state index in [9.17, 15) is 0 Å².